The standard InChI is InChI=1S/C20H20N2O6/c1-25-6-8-27-19(23)17(13-21)11-15-4-3-5-16(10-15)12-18(14-22)20(24)28-9-7-26-2/h3-5,10-12H,6-9H2,1-2H3/b17-11+,18-12+. The zero-order valence-corrected chi connectivity index (χ0v) is 15.6. The molecule has 1 aromatic carbocycles. The summed E-state index contributed by atoms with van der Waals surface area (Å²) in [5.41, 5.74) is 0.687. The molecule has 146 valence electrons. The van der Waals surface area contributed by atoms with Crippen LogP contribution >= 0.6 is 0 Å². The molecule has 0 N–H and O–H groups in total. The van der Waals surface area contributed by atoms with Gasteiger partial charge in [0.1, 0.15) is 36.5 Å². The van der Waals surface area contributed by atoms with Crippen LogP contribution in [-0.2, 0) is 28.5 Å². The minimum absolute atomic E-state index is 0.0356. The third-order valence-electron chi connectivity index (χ3n) is 3.25. The van der Waals surface area contributed by atoms with E-state index < -0.39 is 11.9 Å². The maximum atomic E-state index is 11.9. The fraction of sp³-hybridized carbons (Fsp3) is 0.300. The van der Waals surface area contributed by atoms with Gasteiger partial charge in [-0.2, -0.15) is 10.5 Å². The predicted octanol–water partition coefficient (Wildman–Crippen LogP) is 1.88. The van der Waals surface area contributed by atoms with Crippen LogP contribution in [0.25, 0.3) is 12.2 Å². The number of methoxy groups -OCH3 is 2. The van der Waals surface area contributed by atoms with Gasteiger partial charge in [0.25, 0.3) is 0 Å². The van der Waals surface area contributed by atoms with E-state index in [0.717, 1.165) is 0 Å². The quantitative estimate of drug-likeness (QED) is 0.260. The van der Waals surface area contributed by atoms with E-state index in [4.69, 9.17) is 29.5 Å². The molecule has 0 saturated carbocycles. The van der Waals surface area contributed by atoms with Gasteiger partial charge in [0.05, 0.1) is 13.2 Å². The minimum Gasteiger partial charge on any atom is -0.459 e. The summed E-state index contributed by atoms with van der Waals surface area (Å²) < 4.78 is 19.4. The highest BCUT2D eigenvalue weighted by molar-refractivity contribution is 5.99. The van der Waals surface area contributed by atoms with Gasteiger partial charge in [-0.15, -0.1) is 0 Å². The summed E-state index contributed by atoms with van der Waals surface area (Å²) in [6.07, 6.45) is 2.71. The van der Waals surface area contributed by atoms with E-state index in [1.807, 2.05) is 0 Å². The number of ether oxygens (including phenoxy) is 4. The first-order valence-corrected chi connectivity index (χ1v) is 8.21. The number of nitrogens with zero attached hydrogens (tertiary/aromatic N) is 2. The van der Waals surface area contributed by atoms with Crippen LogP contribution < -0.4 is 0 Å². The number of benzene rings is 1. The van der Waals surface area contributed by atoms with Crippen LogP contribution in [0.1, 0.15) is 11.1 Å². The highest BCUT2D eigenvalue weighted by Crippen LogP contribution is 2.14. The number of carbonyl (C=O) groups is 2. The zero-order chi connectivity index (χ0) is 20.8. The lowest BCUT2D eigenvalue weighted by Crippen LogP contribution is -2.11. The van der Waals surface area contributed by atoms with Gasteiger partial charge >= 0.3 is 11.9 Å². The van der Waals surface area contributed by atoms with Crippen molar-refractivity contribution in [2.45, 2.75) is 0 Å². The molecule has 0 aromatic heterocycles. The summed E-state index contributed by atoms with van der Waals surface area (Å²) in [7, 11) is 2.94. The minimum atomic E-state index is -0.764. The van der Waals surface area contributed by atoms with E-state index in [9.17, 15) is 9.59 Å². The maximum absolute atomic E-state index is 11.9. The first kappa shape index (κ1) is 22.6. The number of hydrogen-bond acceptors (Lipinski definition) is 8. The molecule has 0 atom stereocenters. The third kappa shape index (κ3) is 7.83. The number of hydrogen-bond donors (Lipinski definition) is 0. The van der Waals surface area contributed by atoms with Crippen molar-refractivity contribution in [3.63, 3.8) is 0 Å². The van der Waals surface area contributed by atoms with E-state index in [-0.39, 0.29) is 37.6 Å². The van der Waals surface area contributed by atoms with Gasteiger partial charge in [-0.1, -0.05) is 18.2 Å². The molecule has 0 amide bonds. The smallest absolute Gasteiger partial charge is 0.348 e. The average molecular weight is 384 g/mol. The van der Waals surface area contributed by atoms with Crippen molar-refractivity contribution in [3.05, 3.63) is 46.5 Å². The molecule has 0 unspecified atom stereocenters. The lowest BCUT2D eigenvalue weighted by Gasteiger charge is -2.04. The van der Waals surface area contributed by atoms with E-state index in [0.29, 0.717) is 11.1 Å². The Morgan fingerprint density at radius 1 is 0.857 bits per heavy atom. The van der Waals surface area contributed by atoms with Gasteiger partial charge in [-0.25, -0.2) is 9.59 Å². The fourth-order valence-corrected chi connectivity index (χ4v) is 1.94. The first-order chi connectivity index (χ1) is 13.5. The van der Waals surface area contributed by atoms with Gasteiger partial charge < -0.3 is 18.9 Å². The normalized spacial score (nSPS) is 11.3. The van der Waals surface area contributed by atoms with Crippen LogP contribution in [0.5, 0.6) is 0 Å². The van der Waals surface area contributed by atoms with E-state index in [1.54, 1.807) is 36.4 Å². The third-order valence-corrected chi connectivity index (χ3v) is 3.25. The molecule has 8 heteroatoms. The molecule has 0 radical (unpaired) electrons. The topological polar surface area (TPSA) is 119 Å². The Balaban J connectivity index is 2.98. The van der Waals surface area contributed by atoms with E-state index >= 15 is 0 Å². The van der Waals surface area contributed by atoms with Crippen LogP contribution in [0.2, 0.25) is 0 Å². The van der Waals surface area contributed by atoms with E-state index in [2.05, 4.69) is 0 Å². The molecule has 0 bridgehead atoms. The van der Waals surface area contributed by atoms with Crippen LogP contribution in [0, 0.1) is 22.7 Å². The van der Waals surface area contributed by atoms with Crippen molar-refractivity contribution in [2.75, 3.05) is 40.6 Å². The monoisotopic (exact) mass is 384 g/mol. The van der Waals surface area contributed by atoms with Crippen LogP contribution in [0.3, 0.4) is 0 Å². The summed E-state index contributed by atoms with van der Waals surface area (Å²) in [6, 6.07) is 10.2. The molecular formula is C20H20N2O6. The molecule has 0 saturated heterocycles. The second-order valence-electron chi connectivity index (χ2n) is 5.27. The van der Waals surface area contributed by atoms with Crippen LogP contribution in [-0.4, -0.2) is 52.6 Å². The van der Waals surface area contributed by atoms with Gasteiger partial charge in [0.2, 0.25) is 0 Å². The Hall–Kier alpha value is -3.46. The molecule has 0 aliphatic heterocycles. The number of rotatable bonds is 10. The Morgan fingerprint density at radius 3 is 1.64 bits per heavy atom. The van der Waals surface area contributed by atoms with Crippen molar-refractivity contribution in [2.24, 2.45) is 0 Å². The zero-order valence-electron chi connectivity index (χ0n) is 15.6. The number of carbonyl (C=O) groups excluding carboxylic acids is 2. The second kappa shape index (κ2) is 12.8. The molecule has 0 aliphatic carbocycles. The average Bonchev–Trinajstić information content (AvgIpc) is 2.70. The number of nitriles is 2. The molecule has 0 aliphatic rings. The van der Waals surface area contributed by atoms with Gasteiger partial charge in [0, 0.05) is 14.2 Å². The summed E-state index contributed by atoms with van der Waals surface area (Å²) in [6.45, 7) is 0.520. The Morgan fingerprint density at radius 2 is 1.29 bits per heavy atom. The van der Waals surface area contributed by atoms with Gasteiger partial charge in [0.15, 0.2) is 0 Å². The molecule has 1 aromatic rings. The van der Waals surface area contributed by atoms with Crippen molar-refractivity contribution < 1.29 is 28.5 Å². The van der Waals surface area contributed by atoms with Gasteiger partial charge in [-0.05, 0) is 29.3 Å². The second-order valence-corrected chi connectivity index (χ2v) is 5.27. The van der Waals surface area contributed by atoms with Crippen molar-refractivity contribution in [1.82, 2.24) is 0 Å². The summed E-state index contributed by atoms with van der Waals surface area (Å²) >= 11 is 0. The molecule has 8 nitrogen and oxygen atoms in total. The Kier molecular flexibility index (Phi) is 10.3. The van der Waals surface area contributed by atoms with Crippen molar-refractivity contribution in [3.8, 4) is 12.1 Å². The summed E-state index contributed by atoms with van der Waals surface area (Å²) in [5, 5.41) is 18.3. The lowest BCUT2D eigenvalue weighted by molar-refractivity contribution is -0.140. The van der Waals surface area contributed by atoms with Crippen molar-refractivity contribution >= 4 is 24.1 Å². The highest BCUT2D eigenvalue weighted by Gasteiger charge is 2.12. The predicted molar refractivity (Wildman–Crippen MR) is 99.3 cm³/mol. The number of esters is 2. The molecule has 0 heterocycles. The SMILES string of the molecule is COCCOC(=O)/C(C#N)=C/c1cccc(/C=C(\C#N)C(=O)OCCOC)c1. The largest absolute Gasteiger partial charge is 0.459 e. The summed E-state index contributed by atoms with van der Waals surface area (Å²) in [4.78, 5) is 23.8. The van der Waals surface area contributed by atoms with E-state index in [1.165, 1.54) is 26.4 Å². The van der Waals surface area contributed by atoms with Crippen LogP contribution in [0.4, 0.5) is 0 Å². The Bertz CT molecular complexity index is 765. The molecule has 28 heavy (non-hydrogen) atoms. The van der Waals surface area contributed by atoms with Crippen molar-refractivity contribution in [1.29, 1.82) is 10.5 Å². The first-order valence-electron chi connectivity index (χ1n) is 8.21. The maximum Gasteiger partial charge on any atom is 0.348 e. The summed E-state index contributed by atoms with van der Waals surface area (Å²) in [5.74, 6) is -1.53. The van der Waals surface area contributed by atoms with Gasteiger partial charge in [-0.3, -0.25) is 0 Å². The molecule has 1 rings (SSSR count). The highest BCUT2D eigenvalue weighted by atomic mass is 16.6. The molecular weight excluding hydrogens is 364 g/mol. The van der Waals surface area contributed by atoms with Crippen LogP contribution in [0.15, 0.2) is 35.4 Å². The molecule has 0 spiro atoms. The Labute approximate surface area is 163 Å². The fourth-order valence-electron chi connectivity index (χ4n) is 1.94. The molecule has 0 fully saturated rings. The lowest BCUT2D eigenvalue weighted by atomic mass is 10.1.